The molecule has 1 aliphatic heterocycles. The summed E-state index contributed by atoms with van der Waals surface area (Å²) in [5.41, 5.74) is -3.56. The molecule has 1 aromatic carbocycles. The van der Waals surface area contributed by atoms with Crippen LogP contribution in [0.3, 0.4) is 0 Å². The molecule has 0 bridgehead atoms. The Kier molecular flexibility index (Phi) is 6.15. The van der Waals surface area contributed by atoms with Gasteiger partial charge >= 0.3 is 6.18 Å². The van der Waals surface area contributed by atoms with Gasteiger partial charge in [-0.3, -0.25) is 9.59 Å². The van der Waals surface area contributed by atoms with E-state index in [0.717, 1.165) is 12.8 Å². The number of nitrogens with one attached hydrogen (secondary N) is 2. The standard InChI is InChI=1S/C16H18ClF3N2O4/c1-15(25,16(18,19)20)14(24)22-12-5-4-9(7-11(12)17)13(23)21-8-10-3-2-6-26-10/h4-5,7,10,25H,2-3,6,8H2,1H3,(H,21,23)(H,22,24)/t10?,15-/m1/s1. The van der Waals surface area contributed by atoms with Gasteiger partial charge in [-0.2, -0.15) is 13.2 Å². The van der Waals surface area contributed by atoms with E-state index in [-0.39, 0.29) is 22.4 Å². The molecular weight excluding hydrogens is 377 g/mol. The Morgan fingerprint density at radius 1 is 1.38 bits per heavy atom. The number of carbonyl (C=O) groups is 2. The molecule has 1 aliphatic rings. The van der Waals surface area contributed by atoms with Crippen molar-refractivity contribution in [3.63, 3.8) is 0 Å². The zero-order valence-electron chi connectivity index (χ0n) is 13.8. The normalized spacial score (nSPS) is 19.7. The molecular formula is C16H18ClF3N2O4. The van der Waals surface area contributed by atoms with E-state index < -0.39 is 23.6 Å². The molecule has 10 heteroatoms. The fourth-order valence-electron chi connectivity index (χ4n) is 2.24. The fraction of sp³-hybridized carbons (Fsp3) is 0.500. The van der Waals surface area contributed by atoms with Gasteiger partial charge in [0, 0.05) is 18.7 Å². The Hall–Kier alpha value is -1.84. The predicted molar refractivity (Wildman–Crippen MR) is 88.1 cm³/mol. The summed E-state index contributed by atoms with van der Waals surface area (Å²) in [5, 5.41) is 13.8. The van der Waals surface area contributed by atoms with Gasteiger partial charge in [0.25, 0.3) is 11.8 Å². The van der Waals surface area contributed by atoms with E-state index in [1.165, 1.54) is 18.2 Å². The maximum Gasteiger partial charge on any atom is 0.426 e. The molecule has 1 unspecified atom stereocenters. The highest BCUT2D eigenvalue weighted by molar-refractivity contribution is 6.34. The Labute approximate surface area is 152 Å². The zero-order valence-corrected chi connectivity index (χ0v) is 14.6. The second-order valence-corrected chi connectivity index (χ2v) is 6.47. The third kappa shape index (κ3) is 4.66. The van der Waals surface area contributed by atoms with Gasteiger partial charge in [0.15, 0.2) is 0 Å². The Morgan fingerprint density at radius 2 is 2.08 bits per heavy atom. The summed E-state index contributed by atoms with van der Waals surface area (Å²) in [6.07, 6.45) is -3.41. The number of ether oxygens (including phenoxy) is 1. The maximum atomic E-state index is 12.7. The van der Waals surface area contributed by atoms with Gasteiger partial charge in [-0.05, 0) is 38.0 Å². The van der Waals surface area contributed by atoms with Crippen LogP contribution in [0.2, 0.25) is 5.02 Å². The van der Waals surface area contributed by atoms with E-state index in [4.69, 9.17) is 16.3 Å². The minimum atomic E-state index is -5.15. The second-order valence-electron chi connectivity index (χ2n) is 6.06. The summed E-state index contributed by atoms with van der Waals surface area (Å²) >= 11 is 5.93. The van der Waals surface area contributed by atoms with Crippen LogP contribution in [0.5, 0.6) is 0 Å². The van der Waals surface area contributed by atoms with Crippen LogP contribution in [0, 0.1) is 0 Å². The van der Waals surface area contributed by atoms with Crippen LogP contribution < -0.4 is 10.6 Å². The zero-order chi connectivity index (χ0) is 19.5. The van der Waals surface area contributed by atoms with Crippen molar-refractivity contribution in [1.82, 2.24) is 5.32 Å². The van der Waals surface area contributed by atoms with Crippen molar-refractivity contribution in [2.75, 3.05) is 18.5 Å². The molecule has 3 N–H and O–H groups in total. The number of hydrogen-bond acceptors (Lipinski definition) is 4. The highest BCUT2D eigenvalue weighted by Gasteiger charge is 2.55. The average Bonchev–Trinajstić information content (AvgIpc) is 3.06. The molecule has 1 fully saturated rings. The first kappa shape index (κ1) is 20.5. The lowest BCUT2D eigenvalue weighted by molar-refractivity contribution is -0.242. The van der Waals surface area contributed by atoms with Gasteiger partial charge in [-0.25, -0.2) is 0 Å². The number of aliphatic hydroxyl groups is 1. The number of carbonyl (C=O) groups excluding carboxylic acids is 2. The van der Waals surface area contributed by atoms with E-state index >= 15 is 0 Å². The summed E-state index contributed by atoms with van der Waals surface area (Å²) in [5.74, 6) is -2.11. The van der Waals surface area contributed by atoms with Crippen molar-refractivity contribution in [2.45, 2.75) is 37.6 Å². The van der Waals surface area contributed by atoms with Crippen LogP contribution in [0.4, 0.5) is 18.9 Å². The van der Waals surface area contributed by atoms with Gasteiger partial charge in [-0.1, -0.05) is 11.6 Å². The molecule has 0 aromatic heterocycles. The van der Waals surface area contributed by atoms with Crippen LogP contribution >= 0.6 is 11.6 Å². The number of amides is 2. The molecule has 0 saturated carbocycles. The number of alkyl halides is 3. The van der Waals surface area contributed by atoms with Gasteiger partial charge in [0.1, 0.15) is 0 Å². The molecule has 0 radical (unpaired) electrons. The van der Waals surface area contributed by atoms with E-state index in [9.17, 15) is 27.9 Å². The SMILES string of the molecule is C[C@@](O)(C(=O)Nc1ccc(C(=O)NCC2CCCO2)cc1Cl)C(F)(F)F. The lowest BCUT2D eigenvalue weighted by Gasteiger charge is -2.25. The van der Waals surface area contributed by atoms with Crippen molar-refractivity contribution in [2.24, 2.45) is 0 Å². The molecule has 2 amide bonds. The van der Waals surface area contributed by atoms with Crippen molar-refractivity contribution < 1.29 is 32.6 Å². The summed E-state index contributed by atoms with van der Waals surface area (Å²) in [4.78, 5) is 23.7. The van der Waals surface area contributed by atoms with Crippen molar-refractivity contribution >= 4 is 29.1 Å². The first-order valence-corrected chi connectivity index (χ1v) is 8.20. The monoisotopic (exact) mass is 394 g/mol. The lowest BCUT2D eigenvalue weighted by Crippen LogP contribution is -2.52. The van der Waals surface area contributed by atoms with Crippen molar-refractivity contribution in [3.8, 4) is 0 Å². The predicted octanol–water partition coefficient (Wildman–Crippen LogP) is 2.50. The maximum absolute atomic E-state index is 12.7. The Morgan fingerprint density at radius 3 is 2.62 bits per heavy atom. The summed E-state index contributed by atoms with van der Waals surface area (Å²) in [7, 11) is 0. The van der Waals surface area contributed by atoms with E-state index in [1.54, 1.807) is 0 Å². The largest absolute Gasteiger partial charge is 0.426 e. The number of halogens is 4. The van der Waals surface area contributed by atoms with Gasteiger partial charge in [-0.15, -0.1) is 0 Å². The average molecular weight is 395 g/mol. The molecule has 2 rings (SSSR count). The van der Waals surface area contributed by atoms with E-state index in [2.05, 4.69) is 5.32 Å². The quantitative estimate of drug-likeness (QED) is 0.716. The van der Waals surface area contributed by atoms with Crippen LogP contribution in [-0.2, 0) is 9.53 Å². The number of benzene rings is 1. The smallest absolute Gasteiger partial charge is 0.376 e. The van der Waals surface area contributed by atoms with Crippen molar-refractivity contribution in [1.29, 1.82) is 0 Å². The lowest BCUT2D eigenvalue weighted by atomic mass is 10.1. The molecule has 0 aliphatic carbocycles. The number of rotatable bonds is 5. The summed E-state index contributed by atoms with van der Waals surface area (Å²) in [6, 6.07) is 3.70. The van der Waals surface area contributed by atoms with Crippen molar-refractivity contribution in [3.05, 3.63) is 28.8 Å². The molecule has 144 valence electrons. The fourth-order valence-corrected chi connectivity index (χ4v) is 2.47. The van der Waals surface area contributed by atoms with Crippen LogP contribution in [0.1, 0.15) is 30.1 Å². The van der Waals surface area contributed by atoms with Gasteiger partial charge in [0.05, 0.1) is 16.8 Å². The molecule has 1 heterocycles. The Balaban J connectivity index is 2.02. The molecule has 1 saturated heterocycles. The van der Waals surface area contributed by atoms with E-state index in [0.29, 0.717) is 20.1 Å². The summed E-state index contributed by atoms with van der Waals surface area (Å²) in [6.45, 7) is 1.33. The van der Waals surface area contributed by atoms with Crippen LogP contribution in [0.25, 0.3) is 0 Å². The van der Waals surface area contributed by atoms with Crippen LogP contribution in [-0.4, -0.2) is 48.0 Å². The third-order valence-electron chi connectivity index (χ3n) is 3.99. The minimum Gasteiger partial charge on any atom is -0.376 e. The van der Waals surface area contributed by atoms with Gasteiger partial charge in [0.2, 0.25) is 5.60 Å². The Bertz CT molecular complexity index is 689. The second kappa shape index (κ2) is 7.81. The van der Waals surface area contributed by atoms with Crippen LogP contribution in [0.15, 0.2) is 18.2 Å². The van der Waals surface area contributed by atoms with Gasteiger partial charge < -0.3 is 20.5 Å². The molecule has 26 heavy (non-hydrogen) atoms. The number of anilines is 1. The topological polar surface area (TPSA) is 87.7 Å². The highest BCUT2D eigenvalue weighted by Crippen LogP contribution is 2.32. The minimum absolute atomic E-state index is 0.0439. The highest BCUT2D eigenvalue weighted by atomic mass is 35.5. The molecule has 0 spiro atoms. The first-order chi connectivity index (χ1) is 12.0. The van der Waals surface area contributed by atoms with E-state index in [1.807, 2.05) is 5.32 Å². The summed E-state index contributed by atoms with van der Waals surface area (Å²) < 4.78 is 43.4. The third-order valence-corrected chi connectivity index (χ3v) is 4.30. The molecule has 2 atom stereocenters. The first-order valence-electron chi connectivity index (χ1n) is 7.82. The number of hydrogen-bond donors (Lipinski definition) is 3. The molecule has 6 nitrogen and oxygen atoms in total. The molecule has 1 aromatic rings.